The quantitative estimate of drug-likeness (QED) is 0.312. The zero-order valence-corrected chi connectivity index (χ0v) is 19.9. The summed E-state index contributed by atoms with van der Waals surface area (Å²) in [5.41, 5.74) is 3.46. The van der Waals surface area contributed by atoms with Crippen LogP contribution >= 0.6 is 34.5 Å². The maximum Gasteiger partial charge on any atom is 0.221 e. The van der Waals surface area contributed by atoms with Crippen LogP contribution in [0.25, 0.3) is 10.2 Å². The van der Waals surface area contributed by atoms with Crippen LogP contribution in [0.4, 0.5) is 16.5 Å². The Morgan fingerprint density at radius 3 is 2.28 bits per heavy atom. The highest BCUT2D eigenvalue weighted by Crippen LogP contribution is 2.55. The summed E-state index contributed by atoms with van der Waals surface area (Å²) in [6.45, 7) is 5.62. The van der Waals surface area contributed by atoms with E-state index in [2.05, 4.69) is 29.5 Å². The molecular weight excluding hydrogens is 465 g/mol. The van der Waals surface area contributed by atoms with Crippen LogP contribution in [0.15, 0.2) is 48.5 Å². The molecule has 2 N–H and O–H groups in total. The Morgan fingerprint density at radius 2 is 1.62 bits per heavy atom. The number of thiazole rings is 1. The number of aromatic nitrogens is 1. The molecule has 1 aromatic heterocycles. The van der Waals surface area contributed by atoms with Gasteiger partial charge in [0.05, 0.1) is 21.6 Å². The van der Waals surface area contributed by atoms with Crippen molar-refractivity contribution in [2.75, 3.05) is 10.6 Å². The molecule has 0 aliphatic carbocycles. The number of para-hydroxylation sites is 1. The normalized spacial score (nSPS) is 13.8. The fourth-order valence-corrected chi connectivity index (χ4v) is 5.31. The molecule has 3 aromatic carbocycles. The van der Waals surface area contributed by atoms with E-state index in [4.69, 9.17) is 27.9 Å². The molecule has 1 aliphatic heterocycles. The Hall–Kier alpha value is -2.80. The van der Waals surface area contributed by atoms with E-state index in [-0.39, 0.29) is 5.91 Å². The van der Waals surface area contributed by atoms with Gasteiger partial charge in [0.25, 0.3) is 0 Å². The van der Waals surface area contributed by atoms with Crippen molar-refractivity contribution < 1.29 is 9.53 Å². The molecule has 4 aromatic rings. The Kier molecular flexibility index (Phi) is 5.04. The maximum absolute atomic E-state index is 11.8. The molecule has 8 heteroatoms. The van der Waals surface area contributed by atoms with E-state index in [1.54, 1.807) is 17.4 Å². The standard InChI is InChI=1S/C24H19Cl2N3O2S/c1-12(30)27-18-10-13(25)8-15-21(18)31-22-16(24(15,2)3)9-14(26)11-19(22)29-23-28-17-6-4-5-7-20(17)32-23/h4-11H,1-3H3,(H,27,30)(H,28,29). The molecule has 2 heterocycles. The number of ether oxygens (including phenoxy) is 1. The highest BCUT2D eigenvalue weighted by molar-refractivity contribution is 7.22. The second kappa shape index (κ2) is 7.66. The van der Waals surface area contributed by atoms with Crippen LogP contribution in [0.2, 0.25) is 10.0 Å². The fraction of sp³-hybridized carbons (Fsp3) is 0.167. The molecule has 0 atom stereocenters. The van der Waals surface area contributed by atoms with Crippen molar-refractivity contribution >= 4 is 67.2 Å². The first-order valence-electron chi connectivity index (χ1n) is 9.98. The number of nitrogens with one attached hydrogen (secondary N) is 2. The zero-order chi connectivity index (χ0) is 22.6. The molecular formula is C24H19Cl2N3O2S. The Bertz CT molecular complexity index is 1360. The highest BCUT2D eigenvalue weighted by Gasteiger charge is 2.38. The highest BCUT2D eigenvalue weighted by atomic mass is 35.5. The molecule has 0 fully saturated rings. The van der Waals surface area contributed by atoms with E-state index in [0.717, 1.165) is 26.5 Å². The topological polar surface area (TPSA) is 63.2 Å². The Labute approximate surface area is 199 Å². The average Bonchev–Trinajstić information content (AvgIpc) is 3.12. The summed E-state index contributed by atoms with van der Waals surface area (Å²) in [6, 6.07) is 15.2. The van der Waals surface area contributed by atoms with E-state index in [1.807, 2.05) is 42.5 Å². The molecule has 5 nitrogen and oxygen atoms in total. The van der Waals surface area contributed by atoms with Gasteiger partial charge in [-0.3, -0.25) is 4.79 Å². The van der Waals surface area contributed by atoms with E-state index in [9.17, 15) is 4.79 Å². The van der Waals surface area contributed by atoms with Crippen molar-refractivity contribution in [1.29, 1.82) is 0 Å². The molecule has 0 spiro atoms. The summed E-state index contributed by atoms with van der Waals surface area (Å²) in [5.74, 6) is 1.00. The number of carbonyl (C=O) groups is 1. The molecule has 0 radical (unpaired) electrons. The van der Waals surface area contributed by atoms with Gasteiger partial charge in [0.2, 0.25) is 5.91 Å². The molecule has 1 aliphatic rings. The summed E-state index contributed by atoms with van der Waals surface area (Å²) in [4.78, 5) is 16.5. The molecule has 162 valence electrons. The van der Waals surface area contributed by atoms with E-state index in [0.29, 0.717) is 32.9 Å². The fourth-order valence-electron chi connectivity index (χ4n) is 4.00. The van der Waals surface area contributed by atoms with Crippen LogP contribution in [0.1, 0.15) is 31.9 Å². The van der Waals surface area contributed by atoms with Crippen molar-refractivity contribution in [3.8, 4) is 11.5 Å². The summed E-state index contributed by atoms with van der Waals surface area (Å²) >= 11 is 14.4. The van der Waals surface area contributed by atoms with Gasteiger partial charge in [-0.25, -0.2) is 4.98 Å². The number of amides is 1. The summed E-state index contributed by atoms with van der Waals surface area (Å²) in [7, 11) is 0. The van der Waals surface area contributed by atoms with Crippen LogP contribution in [0, 0.1) is 0 Å². The minimum absolute atomic E-state index is 0.203. The van der Waals surface area contributed by atoms with Gasteiger partial charge in [0, 0.05) is 33.5 Å². The summed E-state index contributed by atoms with van der Waals surface area (Å²) in [5, 5.41) is 8.06. The van der Waals surface area contributed by atoms with Gasteiger partial charge in [-0.05, 0) is 36.4 Å². The second-order valence-corrected chi connectivity index (χ2v) is 10.1. The summed E-state index contributed by atoms with van der Waals surface area (Å²) in [6.07, 6.45) is 0. The van der Waals surface area contributed by atoms with Gasteiger partial charge in [-0.2, -0.15) is 0 Å². The number of anilines is 3. The van der Waals surface area contributed by atoms with Crippen molar-refractivity contribution in [3.05, 3.63) is 69.7 Å². The first kappa shape index (κ1) is 21.1. The van der Waals surface area contributed by atoms with Gasteiger partial charge in [0.1, 0.15) is 0 Å². The predicted molar refractivity (Wildman–Crippen MR) is 132 cm³/mol. The minimum Gasteiger partial charge on any atom is -0.452 e. The number of nitrogens with zero attached hydrogens (tertiary/aromatic N) is 1. The van der Waals surface area contributed by atoms with Crippen LogP contribution in [-0.2, 0) is 10.2 Å². The molecule has 0 bridgehead atoms. The molecule has 0 saturated heterocycles. The lowest BCUT2D eigenvalue weighted by Crippen LogP contribution is -2.26. The Morgan fingerprint density at radius 1 is 1.00 bits per heavy atom. The SMILES string of the molecule is CC(=O)Nc1cc(Cl)cc2c1Oc1c(Nc3nc4ccccc4s3)cc(Cl)cc1C2(C)C. The lowest BCUT2D eigenvalue weighted by molar-refractivity contribution is -0.114. The van der Waals surface area contributed by atoms with Crippen LogP contribution in [0.5, 0.6) is 11.5 Å². The first-order chi connectivity index (χ1) is 15.2. The van der Waals surface area contributed by atoms with Crippen LogP contribution < -0.4 is 15.4 Å². The van der Waals surface area contributed by atoms with E-state index >= 15 is 0 Å². The van der Waals surface area contributed by atoms with Gasteiger partial charge < -0.3 is 15.4 Å². The third-order valence-electron chi connectivity index (χ3n) is 5.50. The zero-order valence-electron chi connectivity index (χ0n) is 17.5. The van der Waals surface area contributed by atoms with Crippen LogP contribution in [0.3, 0.4) is 0 Å². The van der Waals surface area contributed by atoms with Gasteiger partial charge in [-0.1, -0.05) is 60.5 Å². The van der Waals surface area contributed by atoms with Crippen molar-refractivity contribution in [1.82, 2.24) is 4.98 Å². The van der Waals surface area contributed by atoms with E-state index in [1.165, 1.54) is 6.92 Å². The summed E-state index contributed by atoms with van der Waals surface area (Å²) < 4.78 is 7.50. The number of halogens is 2. The molecule has 1 amide bonds. The lowest BCUT2D eigenvalue weighted by Gasteiger charge is -2.36. The molecule has 0 saturated carbocycles. The number of fused-ring (bicyclic) bond motifs is 3. The van der Waals surface area contributed by atoms with Crippen molar-refractivity contribution in [3.63, 3.8) is 0 Å². The van der Waals surface area contributed by atoms with Gasteiger partial charge >= 0.3 is 0 Å². The third-order valence-corrected chi connectivity index (χ3v) is 6.89. The maximum atomic E-state index is 11.8. The third kappa shape index (κ3) is 3.58. The molecule has 5 rings (SSSR count). The largest absolute Gasteiger partial charge is 0.452 e. The second-order valence-electron chi connectivity index (χ2n) is 8.18. The average molecular weight is 484 g/mol. The van der Waals surface area contributed by atoms with Crippen LogP contribution in [-0.4, -0.2) is 10.9 Å². The Balaban J connectivity index is 1.66. The van der Waals surface area contributed by atoms with Crippen molar-refractivity contribution in [2.24, 2.45) is 0 Å². The van der Waals surface area contributed by atoms with Gasteiger partial charge in [-0.15, -0.1) is 0 Å². The van der Waals surface area contributed by atoms with Crippen molar-refractivity contribution in [2.45, 2.75) is 26.2 Å². The monoisotopic (exact) mass is 483 g/mol. The lowest BCUT2D eigenvalue weighted by atomic mass is 9.75. The minimum atomic E-state index is -0.476. The first-order valence-corrected chi connectivity index (χ1v) is 11.6. The number of benzene rings is 3. The number of hydrogen-bond acceptors (Lipinski definition) is 5. The predicted octanol–water partition coefficient (Wildman–Crippen LogP) is 7.74. The van der Waals surface area contributed by atoms with E-state index < -0.39 is 5.41 Å². The number of carbonyl (C=O) groups excluding carboxylic acids is 1. The number of rotatable bonds is 3. The van der Waals surface area contributed by atoms with Gasteiger partial charge in [0.15, 0.2) is 16.6 Å². The number of hydrogen-bond donors (Lipinski definition) is 2. The molecule has 0 unspecified atom stereocenters. The smallest absolute Gasteiger partial charge is 0.221 e. The molecule has 32 heavy (non-hydrogen) atoms.